The summed E-state index contributed by atoms with van der Waals surface area (Å²) in [6.45, 7) is 6.22. The normalized spacial score (nSPS) is 34.8. The van der Waals surface area contributed by atoms with Crippen LogP contribution in [0.25, 0.3) is 0 Å². The topological polar surface area (TPSA) is 41.6 Å². The van der Waals surface area contributed by atoms with Crippen molar-refractivity contribution in [3.63, 3.8) is 0 Å². The third kappa shape index (κ3) is 3.42. The molecule has 3 rings (SSSR count). The van der Waals surface area contributed by atoms with Crippen molar-refractivity contribution in [1.82, 2.24) is 10.4 Å². The lowest BCUT2D eigenvalue weighted by molar-refractivity contribution is -0.133. The van der Waals surface area contributed by atoms with E-state index in [-0.39, 0.29) is 18.1 Å². The number of hydroxylamine groups is 1. The van der Waals surface area contributed by atoms with Crippen molar-refractivity contribution in [3.8, 4) is 0 Å². The third-order valence-electron chi connectivity index (χ3n) is 5.72. The highest BCUT2D eigenvalue weighted by Gasteiger charge is 2.38. The zero-order valence-electron chi connectivity index (χ0n) is 13.5. The monoisotopic (exact) mass is 294 g/mol. The van der Waals surface area contributed by atoms with Gasteiger partial charge in [-0.25, -0.2) is 0 Å². The summed E-state index contributed by atoms with van der Waals surface area (Å²) in [6.07, 6.45) is 9.16. The van der Waals surface area contributed by atoms with Gasteiger partial charge >= 0.3 is 0 Å². The van der Waals surface area contributed by atoms with Crippen LogP contribution in [0.4, 0.5) is 0 Å². The third-order valence-corrected chi connectivity index (χ3v) is 5.72. The highest BCUT2D eigenvalue weighted by Crippen LogP contribution is 2.35. The van der Waals surface area contributed by atoms with Crippen LogP contribution in [0.15, 0.2) is 0 Å². The molecule has 0 bridgehead atoms. The Morgan fingerprint density at radius 2 is 1.90 bits per heavy atom. The smallest absolute Gasteiger partial charge is 0.242 e. The predicted molar refractivity (Wildman–Crippen MR) is 82.5 cm³/mol. The van der Waals surface area contributed by atoms with Gasteiger partial charge in [-0.05, 0) is 24.2 Å². The Morgan fingerprint density at radius 1 is 1.14 bits per heavy atom. The molecule has 1 aliphatic carbocycles. The molecule has 21 heavy (non-hydrogen) atoms. The maximum absolute atomic E-state index is 12.6. The average Bonchev–Trinajstić information content (AvgIpc) is 3.17. The van der Waals surface area contributed by atoms with Gasteiger partial charge in [-0.2, -0.15) is 5.48 Å². The van der Waals surface area contributed by atoms with Crippen LogP contribution >= 0.6 is 0 Å². The second-order valence-corrected chi connectivity index (χ2v) is 7.54. The van der Waals surface area contributed by atoms with E-state index in [1.54, 1.807) is 0 Å². The Hall–Kier alpha value is -0.610. The summed E-state index contributed by atoms with van der Waals surface area (Å²) in [4.78, 5) is 20.3. The van der Waals surface area contributed by atoms with Crippen LogP contribution in [0.2, 0.25) is 0 Å². The predicted octanol–water partition coefficient (Wildman–Crippen LogP) is 2.73. The largest absolute Gasteiger partial charge is 0.341 e. The Kier molecular flexibility index (Phi) is 4.85. The Bertz CT molecular complexity index is 366. The zero-order chi connectivity index (χ0) is 14.8. The van der Waals surface area contributed by atoms with Crippen LogP contribution in [-0.2, 0) is 9.63 Å². The van der Waals surface area contributed by atoms with Crippen molar-refractivity contribution < 1.29 is 9.63 Å². The van der Waals surface area contributed by atoms with E-state index in [0.717, 1.165) is 31.3 Å². The zero-order valence-corrected chi connectivity index (χ0v) is 13.5. The first-order chi connectivity index (χ1) is 10.1. The van der Waals surface area contributed by atoms with Gasteiger partial charge in [-0.3, -0.25) is 9.63 Å². The highest BCUT2D eigenvalue weighted by atomic mass is 16.7. The summed E-state index contributed by atoms with van der Waals surface area (Å²) >= 11 is 0. The number of carbonyl (C=O) groups excluding carboxylic acids is 1. The van der Waals surface area contributed by atoms with Gasteiger partial charge in [-0.15, -0.1) is 0 Å². The maximum Gasteiger partial charge on any atom is 0.242 e. The van der Waals surface area contributed by atoms with E-state index in [1.165, 1.54) is 38.5 Å². The van der Waals surface area contributed by atoms with Gasteiger partial charge in [0.25, 0.3) is 0 Å². The lowest BCUT2D eigenvalue weighted by Crippen LogP contribution is -2.42. The van der Waals surface area contributed by atoms with Gasteiger partial charge < -0.3 is 4.90 Å². The Morgan fingerprint density at radius 3 is 2.57 bits per heavy atom. The molecular weight excluding hydrogens is 264 g/mol. The van der Waals surface area contributed by atoms with E-state index in [1.807, 2.05) is 0 Å². The fraction of sp³-hybridized carbons (Fsp3) is 0.941. The summed E-state index contributed by atoms with van der Waals surface area (Å²) in [5.41, 5.74) is 2.97. The summed E-state index contributed by atoms with van der Waals surface area (Å²) in [6, 6.07) is -0.123. The first-order valence-corrected chi connectivity index (χ1v) is 8.85. The molecule has 3 atom stereocenters. The molecule has 1 saturated carbocycles. The molecule has 4 heteroatoms. The Labute approximate surface area is 128 Å². The minimum Gasteiger partial charge on any atom is -0.341 e. The number of hydrogen-bond donors (Lipinski definition) is 1. The number of likely N-dealkylation sites (tertiary alicyclic amines) is 1. The standard InChI is InChI=1S/C17H30N2O2/c1-12(2)16-10-15(18-21-16)17(20)19-9-8-14(11-19)13-6-4-3-5-7-13/h12-16,18H,3-11H2,1-2H3. The van der Waals surface area contributed by atoms with Gasteiger partial charge in [0.2, 0.25) is 5.91 Å². The molecule has 4 nitrogen and oxygen atoms in total. The number of carbonyl (C=O) groups is 1. The van der Waals surface area contributed by atoms with Crippen LogP contribution in [0, 0.1) is 17.8 Å². The molecule has 2 aliphatic heterocycles. The molecule has 3 fully saturated rings. The molecule has 2 heterocycles. The van der Waals surface area contributed by atoms with Gasteiger partial charge in [0.05, 0.1) is 6.10 Å². The number of hydrogen-bond acceptors (Lipinski definition) is 3. The molecule has 0 spiro atoms. The van der Waals surface area contributed by atoms with Crippen LogP contribution in [0.1, 0.15) is 58.8 Å². The molecule has 3 unspecified atom stereocenters. The number of rotatable bonds is 3. The van der Waals surface area contributed by atoms with Crippen LogP contribution < -0.4 is 5.48 Å². The summed E-state index contributed by atoms with van der Waals surface area (Å²) in [7, 11) is 0. The van der Waals surface area contributed by atoms with E-state index in [4.69, 9.17) is 4.84 Å². The second kappa shape index (κ2) is 6.66. The molecule has 1 N–H and O–H groups in total. The van der Waals surface area contributed by atoms with Crippen molar-refractivity contribution >= 4 is 5.91 Å². The van der Waals surface area contributed by atoms with Crippen molar-refractivity contribution in [3.05, 3.63) is 0 Å². The van der Waals surface area contributed by atoms with Crippen LogP contribution in [-0.4, -0.2) is 36.0 Å². The molecule has 3 aliphatic rings. The first kappa shape index (κ1) is 15.3. The van der Waals surface area contributed by atoms with Crippen molar-refractivity contribution in [2.75, 3.05) is 13.1 Å². The van der Waals surface area contributed by atoms with Gasteiger partial charge in [-0.1, -0.05) is 46.0 Å². The van der Waals surface area contributed by atoms with E-state index >= 15 is 0 Å². The van der Waals surface area contributed by atoms with Gasteiger partial charge in [0.15, 0.2) is 0 Å². The lowest BCUT2D eigenvalue weighted by atomic mass is 9.80. The fourth-order valence-corrected chi connectivity index (χ4v) is 4.26. The fourth-order valence-electron chi connectivity index (χ4n) is 4.26. The molecule has 120 valence electrons. The van der Waals surface area contributed by atoms with Crippen LogP contribution in [0.5, 0.6) is 0 Å². The minimum absolute atomic E-state index is 0.123. The Balaban J connectivity index is 1.50. The number of nitrogens with one attached hydrogen (secondary N) is 1. The highest BCUT2D eigenvalue weighted by molar-refractivity contribution is 5.82. The van der Waals surface area contributed by atoms with E-state index in [0.29, 0.717) is 5.92 Å². The molecule has 1 amide bonds. The summed E-state index contributed by atoms with van der Waals surface area (Å²) < 4.78 is 0. The molecule has 0 aromatic rings. The van der Waals surface area contributed by atoms with E-state index in [9.17, 15) is 4.79 Å². The molecular formula is C17H30N2O2. The van der Waals surface area contributed by atoms with Crippen molar-refractivity contribution in [2.24, 2.45) is 17.8 Å². The van der Waals surface area contributed by atoms with Crippen LogP contribution in [0.3, 0.4) is 0 Å². The van der Waals surface area contributed by atoms with E-state index in [2.05, 4.69) is 24.2 Å². The van der Waals surface area contributed by atoms with E-state index < -0.39 is 0 Å². The SMILES string of the molecule is CC(C)C1CC(C(=O)N2CCC(C3CCCCC3)C2)NO1. The number of nitrogens with zero attached hydrogens (tertiary/aromatic N) is 1. The first-order valence-electron chi connectivity index (χ1n) is 8.85. The van der Waals surface area contributed by atoms with Gasteiger partial charge in [0, 0.05) is 19.5 Å². The summed E-state index contributed by atoms with van der Waals surface area (Å²) in [5.74, 6) is 2.34. The molecule has 2 saturated heterocycles. The van der Waals surface area contributed by atoms with Crippen molar-refractivity contribution in [2.45, 2.75) is 70.9 Å². The molecule has 0 aromatic carbocycles. The lowest BCUT2D eigenvalue weighted by Gasteiger charge is -2.27. The molecule has 0 radical (unpaired) electrons. The average molecular weight is 294 g/mol. The van der Waals surface area contributed by atoms with Gasteiger partial charge in [0.1, 0.15) is 6.04 Å². The number of amides is 1. The molecule has 0 aromatic heterocycles. The van der Waals surface area contributed by atoms with Crippen molar-refractivity contribution in [1.29, 1.82) is 0 Å². The summed E-state index contributed by atoms with van der Waals surface area (Å²) in [5, 5.41) is 0. The quantitative estimate of drug-likeness (QED) is 0.870. The second-order valence-electron chi connectivity index (χ2n) is 7.54. The maximum atomic E-state index is 12.6. The minimum atomic E-state index is -0.123.